The average Bonchev–Trinajstić information content (AvgIpc) is 2.42. The Morgan fingerprint density at radius 2 is 1.81 bits per heavy atom. The van der Waals surface area contributed by atoms with E-state index in [-0.39, 0.29) is 17.9 Å². The molecule has 2 unspecified atom stereocenters. The molecule has 1 saturated heterocycles. The van der Waals surface area contributed by atoms with Crippen LogP contribution in [0.15, 0.2) is 0 Å². The van der Waals surface area contributed by atoms with Gasteiger partial charge in [-0.25, -0.2) is 0 Å². The maximum absolute atomic E-state index is 13.0. The average molecular weight is 298 g/mol. The first-order valence-corrected chi connectivity index (χ1v) is 7.96. The Hall–Kier alpha value is -1.10. The summed E-state index contributed by atoms with van der Waals surface area (Å²) in [6, 6.07) is -0.497. The van der Waals surface area contributed by atoms with Crippen LogP contribution in [0.25, 0.3) is 0 Å². The topological polar surface area (TPSA) is 58.6 Å². The Balaban J connectivity index is 3.16. The summed E-state index contributed by atoms with van der Waals surface area (Å²) in [7, 11) is 1.62. The Kier molecular flexibility index (Phi) is 6.20. The summed E-state index contributed by atoms with van der Waals surface area (Å²) in [5.74, 6) is 0.346. The maximum Gasteiger partial charge on any atom is 0.249 e. The third kappa shape index (κ3) is 3.57. The molecule has 0 bridgehead atoms. The third-order valence-electron chi connectivity index (χ3n) is 4.43. The zero-order valence-electron chi connectivity index (χ0n) is 14.2. The lowest BCUT2D eigenvalue weighted by Crippen LogP contribution is -2.72. The molecular weight excluding hydrogens is 268 g/mol. The van der Waals surface area contributed by atoms with Crippen LogP contribution in [-0.2, 0) is 14.3 Å². The minimum absolute atomic E-state index is 0.0299. The number of rotatable bonds is 7. The van der Waals surface area contributed by atoms with Crippen molar-refractivity contribution in [2.75, 3.05) is 13.7 Å². The van der Waals surface area contributed by atoms with E-state index in [1.165, 1.54) is 0 Å². The van der Waals surface area contributed by atoms with E-state index in [0.717, 1.165) is 0 Å². The summed E-state index contributed by atoms with van der Waals surface area (Å²) in [6.07, 6.45) is 1.90. The number of carbonyl (C=O) groups is 2. The molecule has 5 nitrogen and oxygen atoms in total. The summed E-state index contributed by atoms with van der Waals surface area (Å²) in [6.45, 7) is 10.4. The Labute approximate surface area is 128 Å². The monoisotopic (exact) mass is 298 g/mol. The van der Waals surface area contributed by atoms with Gasteiger partial charge in [-0.15, -0.1) is 0 Å². The first-order valence-electron chi connectivity index (χ1n) is 7.96. The number of ether oxygens (including phenoxy) is 1. The molecule has 1 heterocycles. The molecule has 0 aromatic heterocycles. The van der Waals surface area contributed by atoms with E-state index in [1.54, 1.807) is 12.0 Å². The van der Waals surface area contributed by atoms with Gasteiger partial charge in [0.25, 0.3) is 0 Å². The number of hydrogen-bond acceptors (Lipinski definition) is 3. The smallest absolute Gasteiger partial charge is 0.249 e. The van der Waals surface area contributed by atoms with Gasteiger partial charge in [-0.05, 0) is 32.1 Å². The number of hydrogen-bond donors (Lipinski definition) is 1. The highest BCUT2D eigenvalue weighted by molar-refractivity contribution is 6.00. The van der Waals surface area contributed by atoms with Gasteiger partial charge in [-0.1, -0.05) is 27.7 Å². The summed E-state index contributed by atoms with van der Waals surface area (Å²) in [5, 5.41) is 2.99. The number of carbonyl (C=O) groups excluding carboxylic acids is 2. The second kappa shape index (κ2) is 7.25. The second-order valence-corrected chi connectivity index (χ2v) is 6.44. The van der Waals surface area contributed by atoms with Gasteiger partial charge in [0.05, 0.1) is 12.6 Å². The molecule has 0 radical (unpaired) electrons. The van der Waals surface area contributed by atoms with Crippen LogP contribution in [0.3, 0.4) is 0 Å². The highest BCUT2D eigenvalue weighted by Crippen LogP contribution is 2.29. The van der Waals surface area contributed by atoms with Gasteiger partial charge < -0.3 is 15.0 Å². The van der Waals surface area contributed by atoms with Crippen molar-refractivity contribution in [2.24, 2.45) is 5.92 Å². The highest BCUT2D eigenvalue weighted by Gasteiger charge is 2.50. The van der Waals surface area contributed by atoms with Gasteiger partial charge in [0.1, 0.15) is 11.6 Å². The lowest BCUT2D eigenvalue weighted by atomic mass is 9.84. The van der Waals surface area contributed by atoms with Crippen LogP contribution < -0.4 is 5.32 Å². The van der Waals surface area contributed by atoms with E-state index in [2.05, 4.69) is 19.2 Å². The van der Waals surface area contributed by atoms with Crippen molar-refractivity contribution < 1.29 is 14.3 Å². The predicted molar refractivity (Wildman–Crippen MR) is 82.9 cm³/mol. The lowest BCUT2D eigenvalue weighted by Gasteiger charge is -2.48. The molecule has 0 aromatic rings. The summed E-state index contributed by atoms with van der Waals surface area (Å²) in [4.78, 5) is 27.4. The molecule has 2 amide bonds. The van der Waals surface area contributed by atoms with Gasteiger partial charge in [0.15, 0.2) is 0 Å². The molecule has 5 heteroatoms. The van der Waals surface area contributed by atoms with Crippen LogP contribution in [0.1, 0.15) is 53.9 Å². The molecule has 1 aliphatic heterocycles. The normalized spacial score (nSPS) is 23.4. The van der Waals surface area contributed by atoms with E-state index in [9.17, 15) is 9.59 Å². The highest BCUT2D eigenvalue weighted by atomic mass is 16.5. The molecule has 1 rings (SSSR count). The van der Waals surface area contributed by atoms with Crippen molar-refractivity contribution in [3.63, 3.8) is 0 Å². The van der Waals surface area contributed by atoms with Crippen LogP contribution in [0.5, 0.6) is 0 Å². The molecular formula is C16H30N2O3. The Morgan fingerprint density at radius 3 is 2.24 bits per heavy atom. The standard InChI is InChI=1S/C16H30N2O3/c1-7-16(8-2)15(20)18(12(5)10-21-6)13(9-11(3)4)14(19)17-16/h11-13H,7-10H2,1-6H3,(H,17,19). The van der Waals surface area contributed by atoms with Crippen molar-refractivity contribution in [3.05, 3.63) is 0 Å². The zero-order chi connectivity index (χ0) is 16.2. The summed E-state index contributed by atoms with van der Waals surface area (Å²) < 4.78 is 5.20. The Morgan fingerprint density at radius 1 is 1.24 bits per heavy atom. The number of nitrogens with zero attached hydrogens (tertiary/aromatic N) is 1. The lowest BCUT2D eigenvalue weighted by molar-refractivity contribution is -0.160. The minimum atomic E-state index is -0.757. The van der Waals surface area contributed by atoms with Crippen LogP contribution in [0, 0.1) is 5.92 Å². The molecule has 0 aromatic carbocycles. The molecule has 21 heavy (non-hydrogen) atoms. The number of methoxy groups -OCH3 is 1. The van der Waals surface area contributed by atoms with Crippen molar-refractivity contribution >= 4 is 11.8 Å². The van der Waals surface area contributed by atoms with E-state index in [0.29, 0.717) is 31.8 Å². The third-order valence-corrected chi connectivity index (χ3v) is 4.43. The summed E-state index contributed by atoms with van der Waals surface area (Å²) >= 11 is 0. The molecule has 2 atom stereocenters. The number of amides is 2. The first kappa shape index (κ1) is 18.0. The molecule has 0 aliphatic carbocycles. The fourth-order valence-corrected chi connectivity index (χ4v) is 3.11. The van der Waals surface area contributed by atoms with Crippen LogP contribution in [0.4, 0.5) is 0 Å². The van der Waals surface area contributed by atoms with Crippen molar-refractivity contribution in [3.8, 4) is 0 Å². The second-order valence-electron chi connectivity index (χ2n) is 6.44. The Bertz CT molecular complexity index is 378. The van der Waals surface area contributed by atoms with E-state index in [1.807, 2.05) is 20.8 Å². The number of nitrogens with one attached hydrogen (secondary N) is 1. The van der Waals surface area contributed by atoms with Crippen LogP contribution in [-0.4, -0.2) is 48.1 Å². The maximum atomic E-state index is 13.0. The molecule has 0 spiro atoms. The van der Waals surface area contributed by atoms with Crippen molar-refractivity contribution in [2.45, 2.75) is 71.5 Å². The predicted octanol–water partition coefficient (Wildman–Crippen LogP) is 1.95. The molecule has 122 valence electrons. The molecule has 1 N–H and O–H groups in total. The SMILES string of the molecule is CCC1(CC)NC(=O)C(CC(C)C)N(C(C)COC)C1=O. The van der Waals surface area contributed by atoms with Crippen LogP contribution >= 0.6 is 0 Å². The van der Waals surface area contributed by atoms with Crippen molar-refractivity contribution in [1.82, 2.24) is 10.2 Å². The fraction of sp³-hybridized carbons (Fsp3) is 0.875. The quantitative estimate of drug-likeness (QED) is 0.781. The fourth-order valence-electron chi connectivity index (χ4n) is 3.11. The van der Waals surface area contributed by atoms with E-state index in [4.69, 9.17) is 4.74 Å². The summed E-state index contributed by atoms with van der Waals surface area (Å²) in [5.41, 5.74) is -0.757. The minimum Gasteiger partial charge on any atom is -0.383 e. The molecule has 1 aliphatic rings. The van der Waals surface area contributed by atoms with Gasteiger partial charge in [0, 0.05) is 7.11 Å². The first-order chi connectivity index (χ1) is 9.82. The van der Waals surface area contributed by atoms with Gasteiger partial charge in [-0.2, -0.15) is 0 Å². The zero-order valence-corrected chi connectivity index (χ0v) is 14.2. The van der Waals surface area contributed by atoms with Crippen molar-refractivity contribution in [1.29, 1.82) is 0 Å². The van der Waals surface area contributed by atoms with Crippen LogP contribution in [0.2, 0.25) is 0 Å². The van der Waals surface area contributed by atoms with E-state index >= 15 is 0 Å². The molecule has 1 fully saturated rings. The number of piperazine rings is 1. The molecule has 0 saturated carbocycles. The van der Waals surface area contributed by atoms with E-state index < -0.39 is 11.6 Å². The van der Waals surface area contributed by atoms with Gasteiger partial charge in [0.2, 0.25) is 11.8 Å². The van der Waals surface area contributed by atoms with Gasteiger partial charge >= 0.3 is 0 Å². The largest absolute Gasteiger partial charge is 0.383 e. The van der Waals surface area contributed by atoms with Gasteiger partial charge in [-0.3, -0.25) is 9.59 Å².